The summed E-state index contributed by atoms with van der Waals surface area (Å²) in [6, 6.07) is -0.455. The summed E-state index contributed by atoms with van der Waals surface area (Å²) in [5.74, 6) is 0.361. The fraction of sp³-hybridized carbons (Fsp3) is 0.800. The maximum Gasteiger partial charge on any atom is 0.407 e. The Kier molecular flexibility index (Phi) is 3.94. The summed E-state index contributed by atoms with van der Waals surface area (Å²) in [7, 11) is 0. The van der Waals surface area contributed by atoms with E-state index < -0.39 is 12.1 Å². The third-order valence-corrected chi connectivity index (χ3v) is 2.63. The first-order chi connectivity index (χ1) is 7.06. The minimum atomic E-state index is -0.523. The average molecular weight is 214 g/mol. The van der Waals surface area contributed by atoms with Crippen molar-refractivity contribution in [2.45, 2.75) is 26.8 Å². The van der Waals surface area contributed by atoms with Crippen molar-refractivity contribution in [3.63, 3.8) is 0 Å². The van der Waals surface area contributed by atoms with Crippen LogP contribution < -0.4 is 10.6 Å². The molecule has 1 saturated heterocycles. The number of carbonyl (C=O) groups is 2. The zero-order valence-corrected chi connectivity index (χ0v) is 9.37. The van der Waals surface area contributed by atoms with Gasteiger partial charge in [0, 0.05) is 12.5 Å². The maximum atomic E-state index is 11.4. The number of carbonyl (C=O) groups excluding carboxylic acids is 2. The molecule has 0 bridgehead atoms. The molecule has 5 nitrogen and oxygen atoms in total. The summed E-state index contributed by atoms with van der Waals surface area (Å²) < 4.78 is 4.75. The largest absolute Gasteiger partial charge is 0.450 e. The van der Waals surface area contributed by atoms with Crippen molar-refractivity contribution in [2.75, 3.05) is 13.2 Å². The molecule has 86 valence electrons. The fourth-order valence-corrected chi connectivity index (χ4v) is 1.73. The molecule has 0 aromatic heterocycles. The lowest BCUT2D eigenvalue weighted by Gasteiger charge is -2.20. The van der Waals surface area contributed by atoms with Gasteiger partial charge in [-0.05, 0) is 12.8 Å². The van der Waals surface area contributed by atoms with Gasteiger partial charge >= 0.3 is 6.09 Å². The fourth-order valence-electron chi connectivity index (χ4n) is 1.73. The van der Waals surface area contributed by atoms with E-state index in [1.807, 2.05) is 13.8 Å². The van der Waals surface area contributed by atoms with Crippen molar-refractivity contribution in [3.8, 4) is 0 Å². The van der Waals surface area contributed by atoms with Crippen LogP contribution in [0.2, 0.25) is 0 Å². The van der Waals surface area contributed by atoms with Crippen LogP contribution in [0.4, 0.5) is 4.79 Å². The summed E-state index contributed by atoms with van der Waals surface area (Å²) >= 11 is 0. The summed E-state index contributed by atoms with van der Waals surface area (Å²) in [6.07, 6.45) is -0.523. The number of amides is 2. The third-order valence-electron chi connectivity index (χ3n) is 2.63. The zero-order valence-electron chi connectivity index (χ0n) is 9.37. The standard InChI is InChI=1S/C10H18N2O3/c1-4-15-10(14)12-8-7(6(2)3)5-11-9(8)13/h6-8H,4-5H2,1-3H3,(H,11,13)(H,12,14)/t7-,8?/m0/s1. The molecule has 5 heteroatoms. The van der Waals surface area contributed by atoms with E-state index in [-0.39, 0.29) is 11.8 Å². The molecule has 2 N–H and O–H groups in total. The zero-order chi connectivity index (χ0) is 11.4. The highest BCUT2D eigenvalue weighted by Gasteiger charge is 2.37. The van der Waals surface area contributed by atoms with E-state index in [1.54, 1.807) is 6.92 Å². The van der Waals surface area contributed by atoms with Crippen LogP contribution in [-0.2, 0) is 9.53 Å². The van der Waals surface area contributed by atoms with Crippen LogP contribution >= 0.6 is 0 Å². The molecule has 1 heterocycles. The second kappa shape index (κ2) is 5.00. The number of hydrogen-bond donors (Lipinski definition) is 2. The van der Waals surface area contributed by atoms with E-state index in [9.17, 15) is 9.59 Å². The second-order valence-corrected chi connectivity index (χ2v) is 4.00. The van der Waals surface area contributed by atoms with Crippen LogP contribution in [0.15, 0.2) is 0 Å². The highest BCUT2D eigenvalue weighted by atomic mass is 16.5. The van der Waals surface area contributed by atoms with Crippen LogP contribution in [0, 0.1) is 11.8 Å². The molecule has 0 radical (unpaired) electrons. The molecule has 0 aromatic rings. The quantitative estimate of drug-likeness (QED) is 0.719. The van der Waals surface area contributed by atoms with Gasteiger partial charge in [0.15, 0.2) is 0 Å². The van der Waals surface area contributed by atoms with Crippen molar-refractivity contribution in [1.29, 1.82) is 0 Å². The molecule has 15 heavy (non-hydrogen) atoms. The van der Waals surface area contributed by atoms with Crippen LogP contribution in [-0.4, -0.2) is 31.2 Å². The topological polar surface area (TPSA) is 67.4 Å². The van der Waals surface area contributed by atoms with Gasteiger partial charge in [-0.25, -0.2) is 4.79 Å². The number of hydrogen-bond acceptors (Lipinski definition) is 3. The molecule has 0 spiro atoms. The van der Waals surface area contributed by atoms with Gasteiger partial charge in [0.1, 0.15) is 6.04 Å². The van der Waals surface area contributed by atoms with Crippen molar-refractivity contribution in [1.82, 2.24) is 10.6 Å². The molecule has 1 aliphatic rings. The van der Waals surface area contributed by atoms with E-state index in [2.05, 4.69) is 10.6 Å². The van der Waals surface area contributed by atoms with Gasteiger partial charge in [-0.15, -0.1) is 0 Å². The van der Waals surface area contributed by atoms with E-state index in [4.69, 9.17) is 4.74 Å². The smallest absolute Gasteiger partial charge is 0.407 e. The Morgan fingerprint density at radius 3 is 2.87 bits per heavy atom. The number of rotatable bonds is 3. The molecular formula is C10H18N2O3. The monoisotopic (exact) mass is 214 g/mol. The number of nitrogens with one attached hydrogen (secondary N) is 2. The number of alkyl carbamates (subject to hydrolysis) is 1. The highest BCUT2D eigenvalue weighted by molar-refractivity contribution is 5.87. The second-order valence-electron chi connectivity index (χ2n) is 4.00. The van der Waals surface area contributed by atoms with E-state index in [0.29, 0.717) is 19.1 Å². The third kappa shape index (κ3) is 2.84. The average Bonchev–Trinajstić information content (AvgIpc) is 2.48. The lowest BCUT2D eigenvalue weighted by Crippen LogP contribution is -2.44. The van der Waals surface area contributed by atoms with Crippen molar-refractivity contribution in [2.24, 2.45) is 11.8 Å². The van der Waals surface area contributed by atoms with Gasteiger partial charge in [0.25, 0.3) is 0 Å². The summed E-state index contributed by atoms with van der Waals surface area (Å²) in [4.78, 5) is 22.6. The van der Waals surface area contributed by atoms with Gasteiger partial charge < -0.3 is 15.4 Å². The molecule has 0 saturated carbocycles. The van der Waals surface area contributed by atoms with Crippen LogP contribution in [0.5, 0.6) is 0 Å². The summed E-state index contributed by atoms with van der Waals surface area (Å²) in [5, 5.41) is 5.33. The Balaban J connectivity index is 2.56. The molecular weight excluding hydrogens is 196 g/mol. The van der Waals surface area contributed by atoms with E-state index in [1.165, 1.54) is 0 Å². The Hall–Kier alpha value is -1.26. The first-order valence-corrected chi connectivity index (χ1v) is 5.27. The summed E-state index contributed by atoms with van der Waals surface area (Å²) in [5.41, 5.74) is 0. The van der Waals surface area contributed by atoms with Crippen molar-refractivity contribution >= 4 is 12.0 Å². The normalized spacial score (nSPS) is 25.2. The van der Waals surface area contributed by atoms with Crippen LogP contribution in [0.25, 0.3) is 0 Å². The Morgan fingerprint density at radius 2 is 2.33 bits per heavy atom. The van der Waals surface area contributed by atoms with Gasteiger partial charge in [-0.1, -0.05) is 13.8 Å². The van der Waals surface area contributed by atoms with Gasteiger partial charge in [-0.2, -0.15) is 0 Å². The first-order valence-electron chi connectivity index (χ1n) is 5.27. The van der Waals surface area contributed by atoms with E-state index in [0.717, 1.165) is 0 Å². The van der Waals surface area contributed by atoms with Crippen molar-refractivity contribution < 1.29 is 14.3 Å². The lowest BCUT2D eigenvalue weighted by atomic mass is 9.91. The number of ether oxygens (including phenoxy) is 1. The molecule has 0 aliphatic carbocycles. The lowest BCUT2D eigenvalue weighted by molar-refractivity contribution is -0.121. The predicted molar refractivity (Wildman–Crippen MR) is 55.3 cm³/mol. The molecule has 1 fully saturated rings. The molecule has 1 aliphatic heterocycles. The predicted octanol–water partition coefficient (Wildman–Crippen LogP) is 0.503. The minimum Gasteiger partial charge on any atom is -0.450 e. The Morgan fingerprint density at radius 1 is 1.67 bits per heavy atom. The Labute approximate surface area is 89.6 Å². The molecule has 2 atom stereocenters. The van der Waals surface area contributed by atoms with Crippen molar-refractivity contribution in [3.05, 3.63) is 0 Å². The van der Waals surface area contributed by atoms with Gasteiger partial charge in [0.05, 0.1) is 6.61 Å². The maximum absolute atomic E-state index is 11.4. The molecule has 2 amide bonds. The van der Waals surface area contributed by atoms with Crippen LogP contribution in [0.1, 0.15) is 20.8 Å². The Bertz CT molecular complexity index is 253. The minimum absolute atomic E-state index is 0.123. The molecule has 1 rings (SSSR count). The first kappa shape index (κ1) is 11.8. The highest BCUT2D eigenvalue weighted by Crippen LogP contribution is 2.19. The van der Waals surface area contributed by atoms with Gasteiger partial charge in [-0.3, -0.25) is 4.79 Å². The molecule has 0 aromatic carbocycles. The van der Waals surface area contributed by atoms with E-state index >= 15 is 0 Å². The van der Waals surface area contributed by atoms with Gasteiger partial charge in [0.2, 0.25) is 5.91 Å². The summed E-state index contributed by atoms with van der Waals surface area (Å²) in [6.45, 7) is 6.73. The SMILES string of the molecule is CCOC(=O)NC1C(=O)NC[C@H]1C(C)C. The molecule has 1 unspecified atom stereocenters. The van der Waals surface area contributed by atoms with Crippen LogP contribution in [0.3, 0.4) is 0 Å².